The Balaban J connectivity index is 2.64. The maximum Gasteiger partial charge on any atom is 0.254 e. The number of carbonyl (C=O) groups is 1. The second-order valence-corrected chi connectivity index (χ2v) is 4.88. The molecule has 1 heterocycles. The van der Waals surface area contributed by atoms with E-state index in [2.05, 4.69) is 22.1 Å². The average Bonchev–Trinajstić information content (AvgIpc) is 2.35. The first-order chi connectivity index (χ1) is 8.06. The van der Waals surface area contributed by atoms with Gasteiger partial charge in [-0.05, 0) is 39.4 Å². The maximum absolute atomic E-state index is 12.0. The number of aromatic nitrogens is 1. The molecule has 0 aliphatic rings. The van der Waals surface area contributed by atoms with Gasteiger partial charge >= 0.3 is 0 Å². The van der Waals surface area contributed by atoms with Crippen molar-refractivity contribution in [2.75, 3.05) is 26.9 Å². The molecule has 0 fully saturated rings. The van der Waals surface area contributed by atoms with Gasteiger partial charge in [-0.25, -0.2) is 4.98 Å². The molecular formula is C12H19N3OS. The van der Waals surface area contributed by atoms with Crippen LogP contribution in [0, 0.1) is 0 Å². The van der Waals surface area contributed by atoms with E-state index in [9.17, 15) is 4.79 Å². The molecule has 1 atom stereocenters. The fraction of sp³-hybridized carbons (Fsp3) is 0.500. The highest BCUT2D eigenvalue weighted by atomic mass is 32.2. The van der Waals surface area contributed by atoms with Gasteiger partial charge < -0.3 is 10.2 Å². The van der Waals surface area contributed by atoms with Crippen molar-refractivity contribution >= 4 is 17.7 Å². The van der Waals surface area contributed by atoms with Gasteiger partial charge in [-0.1, -0.05) is 0 Å². The molecule has 4 nitrogen and oxygen atoms in total. The average molecular weight is 253 g/mol. The van der Waals surface area contributed by atoms with Gasteiger partial charge in [0.05, 0.1) is 5.56 Å². The molecule has 1 amide bonds. The Hall–Kier alpha value is -1.07. The number of likely N-dealkylation sites (N-methyl/N-ethyl adjacent to an activating group) is 1. The maximum atomic E-state index is 12.0. The van der Waals surface area contributed by atoms with E-state index in [1.165, 1.54) is 11.8 Å². The minimum absolute atomic E-state index is 0.0591. The van der Waals surface area contributed by atoms with E-state index in [0.29, 0.717) is 18.2 Å². The summed E-state index contributed by atoms with van der Waals surface area (Å²) in [6, 6.07) is 3.90. The van der Waals surface area contributed by atoms with Crippen LogP contribution in [0.2, 0.25) is 0 Å². The molecule has 1 N–H and O–H groups in total. The zero-order valence-corrected chi connectivity index (χ0v) is 11.5. The smallest absolute Gasteiger partial charge is 0.254 e. The van der Waals surface area contributed by atoms with Crippen LogP contribution in [0.25, 0.3) is 0 Å². The molecule has 0 radical (unpaired) electrons. The summed E-state index contributed by atoms with van der Waals surface area (Å²) < 4.78 is 0. The van der Waals surface area contributed by atoms with E-state index in [1.807, 2.05) is 20.4 Å². The fourth-order valence-electron chi connectivity index (χ4n) is 1.24. The van der Waals surface area contributed by atoms with Crippen LogP contribution in [0.15, 0.2) is 23.4 Å². The van der Waals surface area contributed by atoms with Crippen LogP contribution in [-0.4, -0.2) is 48.7 Å². The monoisotopic (exact) mass is 253 g/mol. The summed E-state index contributed by atoms with van der Waals surface area (Å²) in [5.74, 6) is -0.0591. The zero-order valence-electron chi connectivity index (χ0n) is 10.7. The van der Waals surface area contributed by atoms with Crippen LogP contribution in [0.1, 0.15) is 17.3 Å². The first kappa shape index (κ1) is 14.0. The fourth-order valence-corrected chi connectivity index (χ4v) is 1.79. The highest BCUT2D eigenvalue weighted by molar-refractivity contribution is 7.98. The van der Waals surface area contributed by atoms with Crippen LogP contribution in [0.4, 0.5) is 0 Å². The highest BCUT2D eigenvalue weighted by Gasteiger charge is 2.12. The summed E-state index contributed by atoms with van der Waals surface area (Å²) in [5, 5.41) is 3.69. The minimum atomic E-state index is -0.0591. The Kier molecular flexibility index (Phi) is 5.44. The number of nitrogens with zero attached hydrogens (tertiary/aromatic N) is 2. The van der Waals surface area contributed by atoms with Crippen molar-refractivity contribution in [3.8, 4) is 0 Å². The topological polar surface area (TPSA) is 45.2 Å². The molecule has 0 unspecified atom stereocenters. The third-order valence-electron chi connectivity index (χ3n) is 2.65. The van der Waals surface area contributed by atoms with Gasteiger partial charge in [0, 0.05) is 18.8 Å². The number of amides is 1. The largest absolute Gasteiger partial charge is 0.350 e. The van der Waals surface area contributed by atoms with Crippen LogP contribution in [0.5, 0.6) is 0 Å². The summed E-state index contributed by atoms with van der Waals surface area (Å²) in [6.07, 6.45) is 3.62. The van der Waals surface area contributed by atoms with E-state index in [-0.39, 0.29) is 5.91 Å². The summed E-state index contributed by atoms with van der Waals surface area (Å²) in [5.41, 5.74) is 0.644. The van der Waals surface area contributed by atoms with Crippen molar-refractivity contribution < 1.29 is 4.79 Å². The molecule has 0 aromatic carbocycles. The molecule has 5 heteroatoms. The van der Waals surface area contributed by atoms with Gasteiger partial charge in [0.25, 0.3) is 5.91 Å². The Morgan fingerprint density at radius 1 is 1.59 bits per heavy atom. The van der Waals surface area contributed by atoms with Crippen molar-refractivity contribution in [2.45, 2.75) is 18.0 Å². The van der Waals surface area contributed by atoms with Crippen molar-refractivity contribution in [1.82, 2.24) is 15.2 Å². The Morgan fingerprint density at radius 2 is 2.29 bits per heavy atom. The number of thioether (sulfide) groups is 1. The number of nitrogens with one attached hydrogen (secondary N) is 1. The number of hydrogen-bond acceptors (Lipinski definition) is 4. The lowest BCUT2D eigenvalue weighted by atomic mass is 10.2. The van der Waals surface area contributed by atoms with Gasteiger partial charge in [-0.15, -0.1) is 11.8 Å². The Labute approximate surface area is 107 Å². The third kappa shape index (κ3) is 4.02. The number of carbonyl (C=O) groups excluding carboxylic acids is 1. The molecule has 0 spiro atoms. The summed E-state index contributed by atoms with van der Waals surface area (Å²) in [4.78, 5) is 18.2. The lowest BCUT2D eigenvalue weighted by Gasteiger charge is -2.20. The standard InChI is InChI=1S/C12H19N3OS/c1-9(15(2)3)8-14-11(16)10-6-5-7-13-12(10)17-4/h5-7,9H,8H2,1-4H3,(H,14,16)/t9-/m1/s1. The number of hydrogen-bond donors (Lipinski definition) is 1. The lowest BCUT2D eigenvalue weighted by molar-refractivity contribution is 0.0940. The SMILES string of the molecule is CSc1ncccc1C(=O)NC[C@@H](C)N(C)C. The van der Waals surface area contributed by atoms with Crippen LogP contribution in [0.3, 0.4) is 0 Å². The zero-order chi connectivity index (χ0) is 12.8. The quantitative estimate of drug-likeness (QED) is 0.807. The first-order valence-corrected chi connectivity index (χ1v) is 6.72. The van der Waals surface area contributed by atoms with Crippen molar-refractivity contribution in [3.63, 3.8) is 0 Å². The van der Waals surface area contributed by atoms with Gasteiger partial charge in [0.2, 0.25) is 0 Å². The normalized spacial score (nSPS) is 12.5. The van der Waals surface area contributed by atoms with Gasteiger partial charge in [-0.2, -0.15) is 0 Å². The summed E-state index contributed by atoms with van der Waals surface area (Å²) in [6.45, 7) is 2.70. The van der Waals surface area contributed by atoms with Crippen LogP contribution in [-0.2, 0) is 0 Å². The molecule has 0 saturated heterocycles. The highest BCUT2D eigenvalue weighted by Crippen LogP contribution is 2.16. The van der Waals surface area contributed by atoms with Gasteiger partial charge in [0.1, 0.15) is 5.03 Å². The van der Waals surface area contributed by atoms with E-state index in [1.54, 1.807) is 18.3 Å². The lowest BCUT2D eigenvalue weighted by Crippen LogP contribution is -2.38. The van der Waals surface area contributed by atoms with Gasteiger partial charge in [-0.3, -0.25) is 4.79 Å². The molecule has 0 aliphatic heterocycles. The summed E-state index contributed by atoms with van der Waals surface area (Å²) >= 11 is 1.48. The molecule has 1 aromatic heterocycles. The molecule has 0 bridgehead atoms. The third-order valence-corrected chi connectivity index (χ3v) is 3.36. The second kappa shape index (κ2) is 6.61. The van der Waals surface area contributed by atoms with Crippen molar-refractivity contribution in [2.24, 2.45) is 0 Å². The van der Waals surface area contributed by atoms with Gasteiger partial charge in [0.15, 0.2) is 0 Å². The molecule has 0 aliphatic carbocycles. The Bertz CT molecular complexity index is 382. The molecule has 0 saturated carbocycles. The molecular weight excluding hydrogens is 234 g/mol. The number of rotatable bonds is 5. The molecule has 1 aromatic rings. The van der Waals surface area contributed by atoms with Crippen molar-refractivity contribution in [3.05, 3.63) is 23.9 Å². The molecule has 17 heavy (non-hydrogen) atoms. The molecule has 94 valence electrons. The van der Waals surface area contributed by atoms with E-state index >= 15 is 0 Å². The van der Waals surface area contributed by atoms with Crippen molar-refractivity contribution in [1.29, 1.82) is 0 Å². The molecule has 1 rings (SSSR count). The van der Waals surface area contributed by atoms with Crippen LogP contribution < -0.4 is 5.32 Å². The van der Waals surface area contributed by atoms with E-state index < -0.39 is 0 Å². The second-order valence-electron chi connectivity index (χ2n) is 4.08. The Morgan fingerprint density at radius 3 is 2.88 bits per heavy atom. The first-order valence-electron chi connectivity index (χ1n) is 5.50. The predicted molar refractivity (Wildman–Crippen MR) is 71.5 cm³/mol. The predicted octanol–water partition coefficient (Wildman–Crippen LogP) is 1.48. The minimum Gasteiger partial charge on any atom is -0.350 e. The van der Waals surface area contributed by atoms with Crippen LogP contribution >= 0.6 is 11.8 Å². The number of pyridine rings is 1. The van der Waals surface area contributed by atoms with E-state index in [0.717, 1.165) is 5.03 Å². The van der Waals surface area contributed by atoms with E-state index in [4.69, 9.17) is 0 Å². The summed E-state index contributed by atoms with van der Waals surface area (Å²) in [7, 11) is 3.99.